The van der Waals surface area contributed by atoms with Gasteiger partial charge in [-0.25, -0.2) is 4.79 Å². The minimum absolute atomic E-state index is 0.0664. The number of carbonyl (C=O) groups is 2. The third-order valence-electron chi connectivity index (χ3n) is 5.70. The van der Waals surface area contributed by atoms with E-state index in [-0.39, 0.29) is 30.5 Å². The normalized spacial score (nSPS) is 21.1. The molecule has 146 valence electrons. The molecule has 2 aromatic rings. The fourth-order valence-electron chi connectivity index (χ4n) is 4.19. The number of ether oxygens (including phenoxy) is 1. The summed E-state index contributed by atoms with van der Waals surface area (Å²) in [6, 6.07) is 15.7. The van der Waals surface area contributed by atoms with Gasteiger partial charge >= 0.3 is 12.0 Å². The second-order valence-corrected chi connectivity index (χ2v) is 7.40. The van der Waals surface area contributed by atoms with Gasteiger partial charge in [-0.2, -0.15) is 0 Å². The van der Waals surface area contributed by atoms with Crippen LogP contribution in [0.25, 0.3) is 0 Å². The molecule has 0 radical (unpaired) electrons. The first-order chi connectivity index (χ1) is 13.6. The number of aryl methyl sites for hydroxylation is 1. The van der Waals surface area contributed by atoms with Crippen LogP contribution in [-0.4, -0.2) is 31.7 Å². The van der Waals surface area contributed by atoms with Gasteiger partial charge in [0.25, 0.3) is 0 Å². The number of esters is 1. The van der Waals surface area contributed by atoms with Crippen molar-refractivity contribution < 1.29 is 14.3 Å². The maximum absolute atomic E-state index is 13.3. The number of fused-ring (bicyclic) bond motifs is 1. The van der Waals surface area contributed by atoms with Crippen molar-refractivity contribution in [2.75, 3.05) is 23.5 Å². The van der Waals surface area contributed by atoms with E-state index >= 15 is 0 Å². The minimum Gasteiger partial charge on any atom is -0.469 e. The molecule has 2 atom stereocenters. The van der Waals surface area contributed by atoms with Crippen molar-refractivity contribution in [3.63, 3.8) is 0 Å². The molecule has 4 rings (SSSR count). The summed E-state index contributed by atoms with van der Waals surface area (Å²) >= 11 is 0. The molecule has 0 bridgehead atoms. The highest BCUT2D eigenvalue weighted by Gasteiger charge is 2.39. The Kier molecular flexibility index (Phi) is 5.05. The van der Waals surface area contributed by atoms with Gasteiger partial charge in [0.2, 0.25) is 0 Å². The summed E-state index contributed by atoms with van der Waals surface area (Å²) in [4.78, 5) is 28.6. The molecule has 1 aliphatic carbocycles. The molecule has 2 aromatic carbocycles. The lowest BCUT2D eigenvalue weighted by Gasteiger charge is -2.23. The molecule has 2 N–H and O–H groups in total. The second-order valence-electron chi connectivity index (χ2n) is 7.40. The number of urea groups is 1. The predicted octanol–water partition coefficient (Wildman–Crippen LogP) is 3.40. The lowest BCUT2D eigenvalue weighted by molar-refractivity contribution is -0.140. The van der Waals surface area contributed by atoms with Gasteiger partial charge in [0.05, 0.1) is 13.2 Å². The van der Waals surface area contributed by atoms with Gasteiger partial charge in [-0.3, -0.25) is 14.6 Å². The van der Waals surface area contributed by atoms with Crippen LogP contribution in [0.5, 0.6) is 0 Å². The standard InChI is InChI=1S/C22H25N3O3/c1-28-21(26)12-9-18-14-24(22(27)25(18)16-5-3-2-4-6-16)17-8-10-19-15(13-17)7-11-20(19)23/h2-6,8,10,13,18,20H,7,9,11-12,14,23H2,1H3. The molecule has 1 saturated heterocycles. The Bertz CT molecular complexity index is 884. The Morgan fingerprint density at radius 3 is 2.71 bits per heavy atom. The molecule has 0 aromatic heterocycles. The first-order valence-corrected chi connectivity index (χ1v) is 9.69. The Morgan fingerprint density at radius 1 is 1.18 bits per heavy atom. The van der Waals surface area contributed by atoms with Crippen molar-refractivity contribution in [3.8, 4) is 0 Å². The molecule has 28 heavy (non-hydrogen) atoms. The number of para-hydroxylation sites is 1. The third-order valence-corrected chi connectivity index (χ3v) is 5.70. The number of rotatable bonds is 5. The summed E-state index contributed by atoms with van der Waals surface area (Å²) in [5, 5.41) is 0. The average Bonchev–Trinajstić information content (AvgIpc) is 3.26. The van der Waals surface area contributed by atoms with Crippen LogP contribution in [0.1, 0.15) is 36.4 Å². The van der Waals surface area contributed by atoms with Gasteiger partial charge in [-0.05, 0) is 54.7 Å². The summed E-state index contributed by atoms with van der Waals surface area (Å²) in [6.45, 7) is 0.537. The molecule has 6 heteroatoms. The first-order valence-electron chi connectivity index (χ1n) is 9.69. The van der Waals surface area contributed by atoms with Crippen molar-refractivity contribution in [1.29, 1.82) is 0 Å². The van der Waals surface area contributed by atoms with E-state index in [1.54, 1.807) is 9.80 Å². The van der Waals surface area contributed by atoms with Crippen molar-refractivity contribution in [1.82, 2.24) is 0 Å². The number of methoxy groups -OCH3 is 1. The Labute approximate surface area is 164 Å². The van der Waals surface area contributed by atoms with Crippen LogP contribution in [0, 0.1) is 0 Å². The number of anilines is 2. The summed E-state index contributed by atoms with van der Waals surface area (Å²) in [6.07, 6.45) is 2.73. The Balaban J connectivity index is 1.62. The topological polar surface area (TPSA) is 75.9 Å². The predicted molar refractivity (Wildman–Crippen MR) is 108 cm³/mol. The summed E-state index contributed by atoms with van der Waals surface area (Å²) in [5.74, 6) is -0.259. The van der Waals surface area contributed by atoms with Crippen LogP contribution >= 0.6 is 0 Å². The molecule has 2 amide bonds. The summed E-state index contributed by atoms with van der Waals surface area (Å²) in [7, 11) is 1.39. The van der Waals surface area contributed by atoms with Gasteiger partial charge in [0.15, 0.2) is 0 Å². The molecule has 1 fully saturated rings. The van der Waals surface area contributed by atoms with Gasteiger partial charge in [0.1, 0.15) is 0 Å². The first kappa shape index (κ1) is 18.5. The number of hydrogen-bond donors (Lipinski definition) is 1. The monoisotopic (exact) mass is 379 g/mol. The van der Waals surface area contributed by atoms with E-state index in [2.05, 4.69) is 6.07 Å². The number of benzene rings is 2. The quantitative estimate of drug-likeness (QED) is 0.808. The third kappa shape index (κ3) is 3.36. The number of amides is 2. The molecule has 6 nitrogen and oxygen atoms in total. The average molecular weight is 379 g/mol. The molecular weight excluding hydrogens is 354 g/mol. The van der Waals surface area contributed by atoms with E-state index in [1.807, 2.05) is 42.5 Å². The fraction of sp³-hybridized carbons (Fsp3) is 0.364. The van der Waals surface area contributed by atoms with Gasteiger partial charge < -0.3 is 10.5 Å². The van der Waals surface area contributed by atoms with E-state index in [4.69, 9.17) is 10.5 Å². The molecule has 1 aliphatic heterocycles. The molecule has 2 unspecified atom stereocenters. The summed E-state index contributed by atoms with van der Waals surface area (Å²) in [5.41, 5.74) is 10.3. The molecule has 0 saturated carbocycles. The van der Waals surface area contributed by atoms with Gasteiger partial charge in [-0.1, -0.05) is 24.3 Å². The van der Waals surface area contributed by atoms with Crippen molar-refractivity contribution in [2.24, 2.45) is 5.73 Å². The highest BCUT2D eigenvalue weighted by Crippen LogP contribution is 2.35. The largest absolute Gasteiger partial charge is 0.469 e. The number of hydrogen-bond acceptors (Lipinski definition) is 4. The zero-order valence-electron chi connectivity index (χ0n) is 16.0. The van der Waals surface area contributed by atoms with Crippen LogP contribution in [0.3, 0.4) is 0 Å². The van der Waals surface area contributed by atoms with Crippen LogP contribution in [0.2, 0.25) is 0 Å². The lowest BCUT2D eigenvalue weighted by Crippen LogP contribution is -2.35. The zero-order valence-corrected chi connectivity index (χ0v) is 16.0. The van der Waals surface area contributed by atoms with Gasteiger partial charge in [0, 0.05) is 30.4 Å². The zero-order chi connectivity index (χ0) is 19.7. The molecule has 2 aliphatic rings. The highest BCUT2D eigenvalue weighted by atomic mass is 16.5. The highest BCUT2D eigenvalue weighted by molar-refractivity contribution is 6.07. The van der Waals surface area contributed by atoms with Gasteiger partial charge in [-0.15, -0.1) is 0 Å². The van der Waals surface area contributed by atoms with Crippen LogP contribution < -0.4 is 15.5 Å². The smallest absolute Gasteiger partial charge is 0.329 e. The van der Waals surface area contributed by atoms with E-state index in [9.17, 15) is 9.59 Å². The number of nitrogens with zero attached hydrogens (tertiary/aromatic N) is 2. The molecule has 1 heterocycles. The van der Waals surface area contributed by atoms with E-state index < -0.39 is 0 Å². The Hall–Kier alpha value is -2.86. The Morgan fingerprint density at radius 2 is 1.96 bits per heavy atom. The van der Waals surface area contributed by atoms with E-state index in [1.165, 1.54) is 18.2 Å². The van der Waals surface area contributed by atoms with Crippen LogP contribution in [-0.2, 0) is 16.0 Å². The SMILES string of the molecule is COC(=O)CCC1CN(c2ccc3c(c2)CCC3N)C(=O)N1c1ccccc1. The van der Waals surface area contributed by atoms with Crippen molar-refractivity contribution in [2.45, 2.75) is 37.8 Å². The minimum atomic E-state index is -0.259. The maximum atomic E-state index is 13.3. The number of nitrogens with two attached hydrogens (primary N) is 1. The second kappa shape index (κ2) is 7.64. The summed E-state index contributed by atoms with van der Waals surface area (Å²) < 4.78 is 4.78. The molecular formula is C22H25N3O3. The maximum Gasteiger partial charge on any atom is 0.329 e. The van der Waals surface area contributed by atoms with Crippen molar-refractivity contribution in [3.05, 3.63) is 59.7 Å². The van der Waals surface area contributed by atoms with Crippen LogP contribution in [0.15, 0.2) is 48.5 Å². The van der Waals surface area contributed by atoms with E-state index in [0.717, 1.165) is 24.2 Å². The fourth-order valence-corrected chi connectivity index (χ4v) is 4.19. The molecule has 0 spiro atoms. The number of carbonyl (C=O) groups excluding carboxylic acids is 2. The van der Waals surface area contributed by atoms with E-state index in [0.29, 0.717) is 13.0 Å². The van der Waals surface area contributed by atoms with Crippen molar-refractivity contribution >= 4 is 23.4 Å². The lowest BCUT2D eigenvalue weighted by atomic mass is 10.1. The van der Waals surface area contributed by atoms with Crippen LogP contribution in [0.4, 0.5) is 16.2 Å².